The van der Waals surface area contributed by atoms with Gasteiger partial charge in [-0.3, -0.25) is 4.79 Å². The lowest BCUT2D eigenvalue weighted by Gasteiger charge is -2.08. The highest BCUT2D eigenvalue weighted by atomic mass is 32.2. The molecule has 0 fully saturated rings. The number of thioether (sulfide) groups is 1. The maximum absolute atomic E-state index is 12.1. The van der Waals surface area contributed by atoms with Crippen molar-refractivity contribution in [1.82, 2.24) is 0 Å². The topological polar surface area (TPSA) is 66.4 Å². The van der Waals surface area contributed by atoms with Crippen molar-refractivity contribution in [3.8, 4) is 0 Å². The summed E-state index contributed by atoms with van der Waals surface area (Å²) in [5.74, 6) is -0.106. The lowest BCUT2D eigenvalue weighted by Crippen LogP contribution is -2.14. The van der Waals surface area contributed by atoms with Crippen LogP contribution in [-0.4, -0.2) is 22.7 Å². The number of fused-ring (bicyclic) bond motifs is 1. The summed E-state index contributed by atoms with van der Waals surface area (Å²) in [6.45, 7) is 0. The third-order valence-corrected chi connectivity index (χ3v) is 5.80. The Bertz CT molecular complexity index is 987. The molecule has 3 aromatic rings. The first-order valence-corrected chi connectivity index (χ1v) is 10.9. The molecule has 1 amide bonds. The SMILES string of the molecule is O=C(CCCCCCSc1ccc2ccccc2c1)Nc1ccccc1C(=O)O. The van der Waals surface area contributed by atoms with E-state index in [2.05, 4.69) is 47.8 Å². The molecule has 29 heavy (non-hydrogen) atoms. The standard InChI is InChI=1S/C24H25NO3S/c26-23(25-22-12-7-6-11-21(22)24(27)28)13-3-1-2-8-16-29-20-15-14-18-9-4-5-10-19(18)17-20/h4-7,9-12,14-15,17H,1-3,8,13,16H2,(H,25,26)(H,27,28). The Kier molecular flexibility index (Phi) is 7.70. The summed E-state index contributed by atoms with van der Waals surface area (Å²) in [5, 5.41) is 14.4. The second-order valence-electron chi connectivity index (χ2n) is 6.92. The Hall–Kier alpha value is -2.79. The molecule has 0 atom stereocenters. The van der Waals surface area contributed by atoms with Crippen molar-refractivity contribution in [2.45, 2.75) is 37.0 Å². The first-order valence-electron chi connectivity index (χ1n) is 9.87. The van der Waals surface area contributed by atoms with E-state index < -0.39 is 5.97 Å². The number of carbonyl (C=O) groups excluding carboxylic acids is 1. The van der Waals surface area contributed by atoms with E-state index >= 15 is 0 Å². The van der Waals surface area contributed by atoms with Gasteiger partial charge in [0.2, 0.25) is 5.91 Å². The molecule has 0 aliphatic rings. The molecule has 3 aromatic carbocycles. The van der Waals surface area contributed by atoms with Gasteiger partial charge in [0.05, 0.1) is 11.3 Å². The minimum atomic E-state index is -1.04. The highest BCUT2D eigenvalue weighted by molar-refractivity contribution is 7.99. The number of nitrogens with one attached hydrogen (secondary N) is 1. The maximum Gasteiger partial charge on any atom is 0.337 e. The summed E-state index contributed by atoms with van der Waals surface area (Å²) in [6.07, 6.45) is 4.40. The van der Waals surface area contributed by atoms with Gasteiger partial charge in [0.1, 0.15) is 0 Å². The van der Waals surface area contributed by atoms with Crippen molar-refractivity contribution in [1.29, 1.82) is 0 Å². The number of hydrogen-bond acceptors (Lipinski definition) is 3. The Morgan fingerprint density at radius 2 is 1.55 bits per heavy atom. The number of rotatable bonds is 10. The van der Waals surface area contributed by atoms with E-state index in [0.717, 1.165) is 31.4 Å². The van der Waals surface area contributed by atoms with Crippen LogP contribution in [0.15, 0.2) is 71.6 Å². The number of para-hydroxylation sites is 1. The zero-order chi connectivity index (χ0) is 20.5. The molecule has 4 nitrogen and oxygen atoms in total. The summed E-state index contributed by atoms with van der Waals surface area (Å²) in [5.41, 5.74) is 0.475. The second-order valence-corrected chi connectivity index (χ2v) is 8.09. The van der Waals surface area contributed by atoms with Crippen LogP contribution in [0.3, 0.4) is 0 Å². The molecule has 0 spiro atoms. The van der Waals surface area contributed by atoms with Gasteiger partial charge < -0.3 is 10.4 Å². The summed E-state index contributed by atoms with van der Waals surface area (Å²) in [6, 6.07) is 21.4. The van der Waals surface area contributed by atoms with E-state index in [0.29, 0.717) is 12.1 Å². The Labute approximate surface area is 175 Å². The lowest BCUT2D eigenvalue weighted by atomic mass is 10.1. The van der Waals surface area contributed by atoms with E-state index in [1.807, 2.05) is 11.8 Å². The van der Waals surface area contributed by atoms with Gasteiger partial charge in [0, 0.05) is 11.3 Å². The molecule has 5 heteroatoms. The minimum absolute atomic E-state index is 0.117. The minimum Gasteiger partial charge on any atom is -0.478 e. The zero-order valence-corrected chi connectivity index (χ0v) is 17.1. The molecule has 0 heterocycles. The first-order chi connectivity index (χ1) is 14.1. The third-order valence-electron chi connectivity index (χ3n) is 4.72. The Balaban J connectivity index is 1.31. The second kappa shape index (κ2) is 10.7. The molecule has 3 rings (SSSR count). The van der Waals surface area contributed by atoms with Crippen LogP contribution >= 0.6 is 11.8 Å². The van der Waals surface area contributed by atoms with Crippen molar-refractivity contribution < 1.29 is 14.7 Å². The van der Waals surface area contributed by atoms with Crippen molar-refractivity contribution in [3.63, 3.8) is 0 Å². The third kappa shape index (κ3) is 6.36. The van der Waals surface area contributed by atoms with Gasteiger partial charge in [-0.25, -0.2) is 4.79 Å². The number of carboxylic acids is 1. The molecule has 0 bridgehead atoms. The average Bonchev–Trinajstić information content (AvgIpc) is 2.73. The summed E-state index contributed by atoms with van der Waals surface area (Å²) >= 11 is 1.87. The molecule has 0 aliphatic heterocycles. The van der Waals surface area contributed by atoms with Crippen LogP contribution in [0.4, 0.5) is 5.69 Å². The van der Waals surface area contributed by atoms with Gasteiger partial charge in [-0.2, -0.15) is 0 Å². The Morgan fingerprint density at radius 1 is 0.828 bits per heavy atom. The number of aromatic carboxylic acids is 1. The lowest BCUT2D eigenvalue weighted by molar-refractivity contribution is -0.116. The molecule has 2 N–H and O–H groups in total. The maximum atomic E-state index is 12.1. The van der Waals surface area contributed by atoms with Crippen molar-refractivity contribution in [2.75, 3.05) is 11.1 Å². The van der Waals surface area contributed by atoms with E-state index in [9.17, 15) is 9.59 Å². The molecular weight excluding hydrogens is 382 g/mol. The average molecular weight is 408 g/mol. The van der Waals surface area contributed by atoms with Crippen LogP contribution in [0.25, 0.3) is 10.8 Å². The summed E-state index contributed by atoms with van der Waals surface area (Å²) in [7, 11) is 0. The van der Waals surface area contributed by atoms with Gasteiger partial charge >= 0.3 is 5.97 Å². The molecule has 0 aliphatic carbocycles. The molecule has 0 radical (unpaired) electrons. The molecular formula is C24H25NO3S. The Morgan fingerprint density at radius 3 is 2.38 bits per heavy atom. The molecule has 150 valence electrons. The fourth-order valence-electron chi connectivity index (χ4n) is 3.18. The number of benzene rings is 3. The van der Waals surface area contributed by atoms with Gasteiger partial charge in [0.25, 0.3) is 0 Å². The van der Waals surface area contributed by atoms with Crippen molar-refractivity contribution in [3.05, 3.63) is 72.3 Å². The summed E-state index contributed by atoms with van der Waals surface area (Å²) in [4.78, 5) is 24.5. The predicted molar refractivity (Wildman–Crippen MR) is 120 cm³/mol. The number of carboxylic acid groups (broad SMARTS) is 1. The van der Waals surface area contributed by atoms with Gasteiger partial charge in [-0.05, 0) is 53.6 Å². The molecule has 0 saturated heterocycles. The monoisotopic (exact) mass is 407 g/mol. The quantitative estimate of drug-likeness (QED) is 0.309. The van der Waals surface area contributed by atoms with Gasteiger partial charge in [-0.1, -0.05) is 55.3 Å². The number of hydrogen-bond donors (Lipinski definition) is 2. The van der Waals surface area contributed by atoms with Crippen LogP contribution in [-0.2, 0) is 4.79 Å². The number of carbonyl (C=O) groups is 2. The van der Waals surface area contributed by atoms with E-state index in [4.69, 9.17) is 5.11 Å². The highest BCUT2D eigenvalue weighted by Gasteiger charge is 2.11. The highest BCUT2D eigenvalue weighted by Crippen LogP contribution is 2.24. The van der Waals surface area contributed by atoms with Crippen LogP contribution in [0, 0.1) is 0 Å². The van der Waals surface area contributed by atoms with Gasteiger partial charge in [-0.15, -0.1) is 11.8 Å². The predicted octanol–water partition coefficient (Wildman–Crippen LogP) is 6.22. The fraction of sp³-hybridized carbons (Fsp3) is 0.250. The van der Waals surface area contributed by atoms with Crippen LogP contribution < -0.4 is 5.32 Å². The zero-order valence-electron chi connectivity index (χ0n) is 16.3. The molecule has 0 saturated carbocycles. The van der Waals surface area contributed by atoms with E-state index in [1.54, 1.807) is 18.2 Å². The number of anilines is 1. The first kappa shape index (κ1) is 20.9. The number of amides is 1. The smallest absolute Gasteiger partial charge is 0.337 e. The van der Waals surface area contributed by atoms with Crippen molar-refractivity contribution >= 4 is 40.1 Å². The number of unbranched alkanes of at least 4 members (excludes halogenated alkanes) is 3. The van der Waals surface area contributed by atoms with Crippen LogP contribution in [0.1, 0.15) is 42.5 Å². The molecule has 0 unspecified atom stereocenters. The van der Waals surface area contributed by atoms with E-state index in [-0.39, 0.29) is 11.5 Å². The van der Waals surface area contributed by atoms with Crippen LogP contribution in [0.5, 0.6) is 0 Å². The molecule has 0 aromatic heterocycles. The fourth-order valence-corrected chi connectivity index (χ4v) is 4.14. The van der Waals surface area contributed by atoms with Crippen molar-refractivity contribution in [2.24, 2.45) is 0 Å². The summed E-state index contributed by atoms with van der Waals surface area (Å²) < 4.78 is 0. The van der Waals surface area contributed by atoms with E-state index in [1.165, 1.54) is 21.7 Å². The van der Waals surface area contributed by atoms with Crippen LogP contribution in [0.2, 0.25) is 0 Å². The van der Waals surface area contributed by atoms with Gasteiger partial charge in [0.15, 0.2) is 0 Å². The largest absolute Gasteiger partial charge is 0.478 e. The normalized spacial score (nSPS) is 10.8.